The van der Waals surface area contributed by atoms with E-state index in [2.05, 4.69) is 9.97 Å². The predicted octanol–water partition coefficient (Wildman–Crippen LogP) is -0.908. The molecule has 10 heavy (non-hydrogen) atoms. The summed E-state index contributed by atoms with van der Waals surface area (Å²) in [5.41, 5.74) is 0.823. The molecule has 54 valence electrons. The lowest BCUT2D eigenvalue weighted by Crippen LogP contribution is -2.22. The number of nitrogens with one attached hydrogen (secondary N) is 1. The minimum absolute atomic E-state index is 0.0438. The number of carboxylic acids is 1. The van der Waals surface area contributed by atoms with Crippen molar-refractivity contribution in [3.8, 4) is 0 Å². The zero-order valence-corrected chi connectivity index (χ0v) is 5.33. The summed E-state index contributed by atoms with van der Waals surface area (Å²) in [6, 6.07) is 0. The van der Waals surface area contributed by atoms with E-state index >= 15 is 0 Å². The van der Waals surface area contributed by atoms with Crippen molar-refractivity contribution in [1.82, 2.24) is 9.97 Å². The van der Waals surface area contributed by atoms with Crippen molar-refractivity contribution in [2.45, 2.75) is 12.8 Å². The maximum atomic E-state index is 9.95. The van der Waals surface area contributed by atoms with Gasteiger partial charge in [0, 0.05) is 17.9 Å². The molecule has 0 fully saturated rings. The molecule has 1 heterocycles. The second kappa shape index (κ2) is 3.00. The molecule has 0 saturated carbocycles. The van der Waals surface area contributed by atoms with Crippen LogP contribution in [0.25, 0.3) is 0 Å². The summed E-state index contributed by atoms with van der Waals surface area (Å²) >= 11 is 0. The van der Waals surface area contributed by atoms with Gasteiger partial charge < -0.3 is 14.9 Å². The Balaban J connectivity index is 2.35. The van der Waals surface area contributed by atoms with Crippen molar-refractivity contribution < 1.29 is 9.90 Å². The van der Waals surface area contributed by atoms with E-state index in [1.807, 2.05) is 0 Å². The number of aryl methyl sites for hydroxylation is 1. The standard InChI is InChI=1S/C6H8N2O2/c9-6(10)2-1-5-3-7-4-8-5/h3-4H,1-2H2,(H,7,8)(H,9,10)/p-1. The Hall–Kier alpha value is -1.32. The topological polar surface area (TPSA) is 68.8 Å². The maximum Gasteiger partial charge on any atom is 0.0921 e. The van der Waals surface area contributed by atoms with Crippen LogP contribution in [-0.4, -0.2) is 15.9 Å². The van der Waals surface area contributed by atoms with Gasteiger partial charge in [-0.15, -0.1) is 0 Å². The van der Waals surface area contributed by atoms with Crippen LogP contribution in [-0.2, 0) is 11.2 Å². The number of carbonyl (C=O) groups is 1. The number of hydrogen-bond acceptors (Lipinski definition) is 3. The molecule has 1 aromatic heterocycles. The van der Waals surface area contributed by atoms with Crippen LogP contribution in [0.5, 0.6) is 0 Å². The molecular weight excluding hydrogens is 132 g/mol. The summed E-state index contributed by atoms with van der Waals surface area (Å²) in [4.78, 5) is 16.5. The van der Waals surface area contributed by atoms with Crippen molar-refractivity contribution in [1.29, 1.82) is 0 Å². The van der Waals surface area contributed by atoms with Gasteiger partial charge >= 0.3 is 0 Å². The van der Waals surface area contributed by atoms with E-state index in [1.54, 1.807) is 6.20 Å². The highest BCUT2D eigenvalue weighted by Crippen LogP contribution is 1.94. The molecule has 0 atom stereocenters. The quantitative estimate of drug-likeness (QED) is 0.589. The van der Waals surface area contributed by atoms with Crippen molar-refractivity contribution in [3.05, 3.63) is 18.2 Å². The number of rotatable bonds is 3. The Bertz CT molecular complexity index is 206. The van der Waals surface area contributed by atoms with E-state index in [0.29, 0.717) is 6.42 Å². The molecular formula is C6H7N2O2-. The number of aromatic amines is 1. The number of hydrogen-bond donors (Lipinski definition) is 1. The van der Waals surface area contributed by atoms with Crippen molar-refractivity contribution in [2.24, 2.45) is 0 Å². The third-order valence-corrected chi connectivity index (χ3v) is 1.15. The van der Waals surface area contributed by atoms with E-state index in [1.165, 1.54) is 6.33 Å². The molecule has 1 aromatic rings. The normalized spacial score (nSPS) is 9.60. The smallest absolute Gasteiger partial charge is 0.0921 e. The van der Waals surface area contributed by atoms with Crippen LogP contribution >= 0.6 is 0 Å². The molecule has 0 amide bonds. The number of aromatic nitrogens is 2. The van der Waals surface area contributed by atoms with Gasteiger partial charge in [0.25, 0.3) is 0 Å². The molecule has 0 saturated heterocycles. The van der Waals surface area contributed by atoms with Crippen molar-refractivity contribution in [2.75, 3.05) is 0 Å². The number of nitrogens with zero attached hydrogens (tertiary/aromatic N) is 1. The van der Waals surface area contributed by atoms with Gasteiger partial charge in [0.05, 0.1) is 6.33 Å². The molecule has 4 heteroatoms. The Morgan fingerprint density at radius 1 is 1.80 bits per heavy atom. The minimum atomic E-state index is -1.03. The zero-order chi connectivity index (χ0) is 7.40. The van der Waals surface area contributed by atoms with Crippen LogP contribution in [0.2, 0.25) is 0 Å². The average Bonchev–Trinajstić information content (AvgIpc) is 2.34. The first-order valence-electron chi connectivity index (χ1n) is 2.96. The Morgan fingerprint density at radius 2 is 2.60 bits per heavy atom. The molecule has 0 aliphatic carbocycles. The van der Waals surface area contributed by atoms with Gasteiger partial charge in [0.2, 0.25) is 0 Å². The van der Waals surface area contributed by atoms with Crippen LogP contribution in [0.15, 0.2) is 12.5 Å². The second-order valence-corrected chi connectivity index (χ2v) is 1.95. The molecule has 0 unspecified atom stereocenters. The fraction of sp³-hybridized carbons (Fsp3) is 0.333. The fourth-order valence-corrected chi connectivity index (χ4v) is 0.658. The highest BCUT2D eigenvalue weighted by molar-refractivity contribution is 5.64. The first-order valence-corrected chi connectivity index (χ1v) is 2.96. The largest absolute Gasteiger partial charge is 0.550 e. The highest BCUT2D eigenvalue weighted by atomic mass is 16.4. The highest BCUT2D eigenvalue weighted by Gasteiger charge is 1.92. The third-order valence-electron chi connectivity index (χ3n) is 1.15. The summed E-state index contributed by atoms with van der Waals surface area (Å²) < 4.78 is 0. The molecule has 0 radical (unpaired) electrons. The first-order chi connectivity index (χ1) is 4.79. The zero-order valence-electron chi connectivity index (χ0n) is 5.33. The van der Waals surface area contributed by atoms with Gasteiger partial charge in [-0.2, -0.15) is 0 Å². The fourth-order valence-electron chi connectivity index (χ4n) is 0.658. The van der Waals surface area contributed by atoms with Gasteiger partial charge in [0.1, 0.15) is 0 Å². The van der Waals surface area contributed by atoms with Crippen molar-refractivity contribution in [3.63, 3.8) is 0 Å². The van der Waals surface area contributed by atoms with Crippen LogP contribution < -0.4 is 5.11 Å². The lowest BCUT2D eigenvalue weighted by molar-refractivity contribution is -0.305. The van der Waals surface area contributed by atoms with E-state index in [-0.39, 0.29) is 6.42 Å². The Morgan fingerprint density at radius 3 is 3.10 bits per heavy atom. The number of carbonyl (C=O) groups excluding carboxylic acids is 1. The summed E-state index contributed by atoms with van der Waals surface area (Å²) in [5, 5.41) is 9.95. The summed E-state index contributed by atoms with van der Waals surface area (Å²) in [5.74, 6) is -1.03. The third kappa shape index (κ3) is 1.89. The second-order valence-electron chi connectivity index (χ2n) is 1.95. The van der Waals surface area contributed by atoms with Gasteiger partial charge in [-0.25, -0.2) is 4.98 Å². The van der Waals surface area contributed by atoms with Crippen molar-refractivity contribution >= 4 is 5.97 Å². The monoisotopic (exact) mass is 139 g/mol. The number of imidazole rings is 1. The lowest BCUT2D eigenvalue weighted by Gasteiger charge is -1.97. The molecule has 1 N–H and O–H groups in total. The van der Waals surface area contributed by atoms with E-state index in [0.717, 1.165) is 5.69 Å². The number of aliphatic carboxylic acids is 1. The van der Waals surface area contributed by atoms with Gasteiger partial charge in [0.15, 0.2) is 0 Å². The molecule has 0 aromatic carbocycles. The molecule has 1 rings (SSSR count). The summed E-state index contributed by atoms with van der Waals surface area (Å²) in [6.07, 6.45) is 3.62. The first kappa shape index (κ1) is 6.80. The maximum absolute atomic E-state index is 9.95. The molecule has 4 nitrogen and oxygen atoms in total. The number of carboxylic acid groups (broad SMARTS) is 1. The van der Waals surface area contributed by atoms with Gasteiger partial charge in [-0.3, -0.25) is 0 Å². The molecule has 0 aliphatic rings. The average molecular weight is 139 g/mol. The van der Waals surface area contributed by atoms with Gasteiger partial charge in [-0.1, -0.05) is 0 Å². The van der Waals surface area contributed by atoms with E-state index in [9.17, 15) is 9.90 Å². The van der Waals surface area contributed by atoms with Crippen LogP contribution in [0.4, 0.5) is 0 Å². The Kier molecular flexibility index (Phi) is 2.04. The molecule has 0 aliphatic heterocycles. The van der Waals surface area contributed by atoms with E-state index in [4.69, 9.17) is 0 Å². The lowest BCUT2D eigenvalue weighted by atomic mass is 10.2. The number of H-pyrrole nitrogens is 1. The Labute approximate surface area is 57.9 Å². The molecule has 0 bridgehead atoms. The van der Waals surface area contributed by atoms with E-state index < -0.39 is 5.97 Å². The van der Waals surface area contributed by atoms with Crippen LogP contribution in [0.3, 0.4) is 0 Å². The van der Waals surface area contributed by atoms with Gasteiger partial charge in [-0.05, 0) is 12.8 Å². The SMILES string of the molecule is O=C([O-])CCc1cnc[nH]1. The van der Waals surface area contributed by atoms with Crippen LogP contribution in [0, 0.1) is 0 Å². The molecule has 0 spiro atoms. The summed E-state index contributed by atoms with van der Waals surface area (Å²) in [6.45, 7) is 0. The summed E-state index contributed by atoms with van der Waals surface area (Å²) in [7, 11) is 0. The minimum Gasteiger partial charge on any atom is -0.550 e. The van der Waals surface area contributed by atoms with Crippen LogP contribution in [0.1, 0.15) is 12.1 Å². The predicted molar refractivity (Wildman–Crippen MR) is 31.9 cm³/mol.